The van der Waals surface area contributed by atoms with Crippen molar-refractivity contribution >= 4 is 17.5 Å². The molecular weight excluding hydrogens is 306 g/mol. The van der Waals surface area contributed by atoms with E-state index in [1.807, 2.05) is 6.07 Å². The van der Waals surface area contributed by atoms with Gasteiger partial charge < -0.3 is 20.0 Å². The van der Waals surface area contributed by atoms with Crippen molar-refractivity contribution in [3.63, 3.8) is 0 Å². The van der Waals surface area contributed by atoms with E-state index in [1.165, 1.54) is 0 Å². The normalized spacial score (nSPS) is 14.8. The number of hydrogen-bond acceptors (Lipinski definition) is 5. The summed E-state index contributed by atoms with van der Waals surface area (Å²) in [5.41, 5.74) is 1.37. The molecule has 2 amide bonds. The zero-order valence-electron chi connectivity index (χ0n) is 14.8. The number of nitrogens with one attached hydrogen (secondary N) is 1. The average molecular weight is 333 g/mol. The Bertz CT molecular complexity index is 551. The molecule has 0 aromatic carbocycles. The second-order valence-electron chi connectivity index (χ2n) is 6.31. The van der Waals surface area contributed by atoms with Gasteiger partial charge in [0, 0.05) is 39.6 Å². The first-order valence-electron chi connectivity index (χ1n) is 8.37. The summed E-state index contributed by atoms with van der Waals surface area (Å²) in [4.78, 5) is 33.7. The summed E-state index contributed by atoms with van der Waals surface area (Å²) in [5, 5.41) is 3.31. The van der Waals surface area contributed by atoms with Crippen LogP contribution >= 0.6 is 0 Å². The van der Waals surface area contributed by atoms with Crippen molar-refractivity contribution in [2.24, 2.45) is 0 Å². The van der Waals surface area contributed by atoms with Gasteiger partial charge in [0.15, 0.2) is 0 Å². The van der Waals surface area contributed by atoms with Gasteiger partial charge in [0.2, 0.25) is 5.91 Å². The predicted octanol–water partition coefficient (Wildman–Crippen LogP) is 0.750. The van der Waals surface area contributed by atoms with Crippen LogP contribution in [0.5, 0.6) is 0 Å². The number of nitrogens with zero attached hydrogens (tertiary/aromatic N) is 4. The van der Waals surface area contributed by atoms with Gasteiger partial charge in [-0.1, -0.05) is 0 Å². The van der Waals surface area contributed by atoms with E-state index in [1.54, 1.807) is 29.0 Å². The molecule has 1 aliphatic rings. The summed E-state index contributed by atoms with van der Waals surface area (Å²) in [7, 11) is 4.11. The number of anilines is 1. The molecule has 1 fully saturated rings. The highest BCUT2D eigenvalue weighted by Crippen LogP contribution is 2.10. The molecule has 24 heavy (non-hydrogen) atoms. The fourth-order valence-corrected chi connectivity index (χ4v) is 2.64. The van der Waals surface area contributed by atoms with Crippen molar-refractivity contribution in [3.05, 3.63) is 24.0 Å². The minimum absolute atomic E-state index is 0.0601. The van der Waals surface area contributed by atoms with E-state index in [9.17, 15) is 9.59 Å². The predicted molar refractivity (Wildman–Crippen MR) is 94.1 cm³/mol. The monoisotopic (exact) mass is 333 g/mol. The summed E-state index contributed by atoms with van der Waals surface area (Å²) in [6, 6.07) is 3.65. The molecule has 7 nitrogen and oxygen atoms in total. The Labute approximate surface area is 143 Å². The van der Waals surface area contributed by atoms with Crippen LogP contribution in [0.25, 0.3) is 0 Å². The Morgan fingerprint density at radius 3 is 2.38 bits per heavy atom. The zero-order valence-corrected chi connectivity index (χ0v) is 14.8. The largest absolute Gasteiger partial charge is 0.384 e. The lowest BCUT2D eigenvalue weighted by Gasteiger charge is -2.34. The third-order valence-corrected chi connectivity index (χ3v) is 4.11. The summed E-state index contributed by atoms with van der Waals surface area (Å²) in [6.45, 7) is 5.77. The van der Waals surface area contributed by atoms with Gasteiger partial charge in [-0.3, -0.25) is 9.59 Å². The Kier molecular flexibility index (Phi) is 6.54. The smallest absolute Gasteiger partial charge is 0.272 e. The number of pyridine rings is 1. The van der Waals surface area contributed by atoms with E-state index in [0.717, 1.165) is 25.2 Å². The molecule has 7 heteroatoms. The SMILES string of the molecule is CC(=O)N1CCN(C(=O)c2ccc(NCCCN(C)C)cn2)CC1. The lowest BCUT2D eigenvalue weighted by Crippen LogP contribution is -2.50. The minimum atomic E-state index is -0.0719. The number of aromatic nitrogens is 1. The summed E-state index contributed by atoms with van der Waals surface area (Å²) in [6.07, 6.45) is 2.75. The van der Waals surface area contributed by atoms with Crippen molar-refractivity contribution in [2.45, 2.75) is 13.3 Å². The van der Waals surface area contributed by atoms with Crippen LogP contribution in [0.15, 0.2) is 18.3 Å². The Morgan fingerprint density at radius 2 is 1.83 bits per heavy atom. The van der Waals surface area contributed by atoms with Crippen molar-refractivity contribution in [3.8, 4) is 0 Å². The van der Waals surface area contributed by atoms with E-state index in [2.05, 4.69) is 29.3 Å². The van der Waals surface area contributed by atoms with E-state index >= 15 is 0 Å². The van der Waals surface area contributed by atoms with Crippen molar-refractivity contribution in [1.29, 1.82) is 0 Å². The molecule has 1 saturated heterocycles. The molecule has 0 atom stereocenters. The maximum absolute atomic E-state index is 12.5. The van der Waals surface area contributed by atoms with Crippen molar-refractivity contribution < 1.29 is 9.59 Å². The summed E-state index contributed by atoms with van der Waals surface area (Å²) in [5.74, 6) is -0.0118. The molecule has 0 aliphatic carbocycles. The van der Waals surface area contributed by atoms with Crippen LogP contribution in [0, 0.1) is 0 Å². The van der Waals surface area contributed by atoms with E-state index in [4.69, 9.17) is 0 Å². The highest BCUT2D eigenvalue weighted by atomic mass is 16.2. The van der Waals surface area contributed by atoms with Gasteiger partial charge in [0.1, 0.15) is 5.69 Å². The Morgan fingerprint density at radius 1 is 1.17 bits per heavy atom. The number of piperazine rings is 1. The molecule has 1 N–H and O–H groups in total. The molecular formula is C17H27N5O2. The molecule has 1 aromatic heterocycles. The van der Waals surface area contributed by atoms with Crippen LogP contribution in [0.2, 0.25) is 0 Å². The first-order chi connectivity index (χ1) is 11.5. The van der Waals surface area contributed by atoms with Gasteiger partial charge in [-0.2, -0.15) is 0 Å². The lowest BCUT2D eigenvalue weighted by atomic mass is 10.2. The minimum Gasteiger partial charge on any atom is -0.384 e. The molecule has 0 radical (unpaired) electrons. The summed E-state index contributed by atoms with van der Waals surface area (Å²) < 4.78 is 0. The molecule has 2 rings (SSSR count). The van der Waals surface area contributed by atoms with Crippen LogP contribution in [0.4, 0.5) is 5.69 Å². The Hall–Kier alpha value is -2.15. The van der Waals surface area contributed by atoms with E-state index < -0.39 is 0 Å². The maximum atomic E-state index is 12.5. The first-order valence-corrected chi connectivity index (χ1v) is 8.37. The van der Waals surface area contributed by atoms with Gasteiger partial charge in [-0.25, -0.2) is 4.98 Å². The van der Waals surface area contributed by atoms with Crippen LogP contribution in [-0.2, 0) is 4.79 Å². The molecule has 1 aliphatic heterocycles. The first kappa shape index (κ1) is 18.2. The number of amides is 2. The second kappa shape index (κ2) is 8.63. The molecule has 2 heterocycles. The maximum Gasteiger partial charge on any atom is 0.272 e. The number of carbonyl (C=O) groups is 2. The lowest BCUT2D eigenvalue weighted by molar-refractivity contribution is -0.130. The molecule has 0 saturated carbocycles. The van der Waals surface area contributed by atoms with Gasteiger partial charge in [0.25, 0.3) is 5.91 Å². The van der Waals surface area contributed by atoms with Crippen LogP contribution < -0.4 is 5.32 Å². The fraction of sp³-hybridized carbons (Fsp3) is 0.588. The van der Waals surface area contributed by atoms with Gasteiger partial charge >= 0.3 is 0 Å². The molecule has 0 spiro atoms. The van der Waals surface area contributed by atoms with Gasteiger partial charge in [0.05, 0.1) is 11.9 Å². The number of rotatable bonds is 6. The third-order valence-electron chi connectivity index (χ3n) is 4.11. The highest BCUT2D eigenvalue weighted by Gasteiger charge is 2.23. The van der Waals surface area contributed by atoms with Gasteiger partial charge in [-0.15, -0.1) is 0 Å². The quantitative estimate of drug-likeness (QED) is 0.778. The van der Waals surface area contributed by atoms with E-state index in [0.29, 0.717) is 31.9 Å². The standard InChI is InChI=1S/C17H27N5O2/c1-14(23)21-9-11-22(12-10-21)17(24)16-6-5-15(13-19-16)18-7-4-8-20(2)3/h5-6,13,18H,4,7-12H2,1-3H3. The Balaban J connectivity index is 1.82. The molecule has 132 valence electrons. The van der Waals surface area contributed by atoms with Crippen LogP contribution in [0.3, 0.4) is 0 Å². The molecule has 1 aromatic rings. The summed E-state index contributed by atoms with van der Waals surface area (Å²) >= 11 is 0. The fourth-order valence-electron chi connectivity index (χ4n) is 2.64. The number of hydrogen-bond donors (Lipinski definition) is 1. The molecule has 0 unspecified atom stereocenters. The molecule has 0 bridgehead atoms. The topological polar surface area (TPSA) is 68.8 Å². The van der Waals surface area contributed by atoms with Crippen LogP contribution in [-0.4, -0.2) is 84.9 Å². The van der Waals surface area contributed by atoms with Crippen molar-refractivity contribution in [2.75, 3.05) is 58.7 Å². The second-order valence-corrected chi connectivity index (χ2v) is 6.31. The van der Waals surface area contributed by atoms with Crippen LogP contribution in [0.1, 0.15) is 23.8 Å². The van der Waals surface area contributed by atoms with Crippen molar-refractivity contribution in [1.82, 2.24) is 19.7 Å². The zero-order chi connectivity index (χ0) is 17.5. The number of carbonyl (C=O) groups excluding carboxylic acids is 2. The van der Waals surface area contributed by atoms with Gasteiger partial charge in [-0.05, 0) is 39.2 Å². The third kappa shape index (κ3) is 5.19. The highest BCUT2D eigenvalue weighted by molar-refractivity contribution is 5.92. The average Bonchev–Trinajstić information content (AvgIpc) is 2.58. The van der Waals surface area contributed by atoms with E-state index in [-0.39, 0.29) is 11.8 Å².